The molecule has 0 bridgehead atoms. The van der Waals surface area contributed by atoms with Crippen molar-refractivity contribution in [3.8, 4) is 5.75 Å². The van der Waals surface area contributed by atoms with Crippen molar-refractivity contribution >= 4 is 16.9 Å². The Kier molecular flexibility index (Phi) is 4.01. The molecule has 1 amide bonds. The number of carbonyl (C=O) groups is 1. The second-order valence-electron chi connectivity index (χ2n) is 6.53. The molecule has 3 aromatic heterocycles. The Labute approximate surface area is 160 Å². The van der Waals surface area contributed by atoms with Crippen LogP contribution >= 0.6 is 0 Å². The molecule has 4 aromatic rings. The number of nitrogens with zero attached hydrogens (tertiary/aromatic N) is 4. The Morgan fingerprint density at radius 3 is 3.00 bits per heavy atom. The Morgan fingerprint density at radius 2 is 2.11 bits per heavy atom. The topological polar surface area (TPSA) is 97.1 Å². The van der Waals surface area contributed by atoms with Crippen molar-refractivity contribution in [2.24, 2.45) is 0 Å². The first-order valence-corrected chi connectivity index (χ1v) is 9.01. The van der Waals surface area contributed by atoms with Crippen LogP contribution in [-0.4, -0.2) is 37.5 Å². The number of amides is 1. The molecule has 140 valence electrons. The van der Waals surface area contributed by atoms with Crippen LogP contribution in [0.25, 0.3) is 11.0 Å². The number of benzene rings is 1. The fourth-order valence-corrected chi connectivity index (χ4v) is 3.30. The molecule has 5 rings (SSSR count). The molecule has 0 radical (unpaired) electrons. The maximum absolute atomic E-state index is 12.9. The number of fused-ring (bicyclic) bond motifs is 2. The normalized spacial score (nSPS) is 13.5. The van der Waals surface area contributed by atoms with Crippen LogP contribution in [0.2, 0.25) is 0 Å². The molecule has 0 atom stereocenters. The van der Waals surface area contributed by atoms with Gasteiger partial charge in [-0.15, -0.1) is 0 Å². The zero-order valence-corrected chi connectivity index (χ0v) is 15.0. The van der Waals surface area contributed by atoms with Gasteiger partial charge in [0.2, 0.25) is 5.89 Å². The maximum atomic E-state index is 12.9. The van der Waals surface area contributed by atoms with Gasteiger partial charge in [0.1, 0.15) is 17.0 Å². The van der Waals surface area contributed by atoms with Crippen molar-refractivity contribution in [1.82, 2.24) is 25.1 Å². The van der Waals surface area contributed by atoms with Crippen LogP contribution < -0.4 is 4.74 Å². The maximum Gasteiger partial charge on any atom is 0.277 e. The van der Waals surface area contributed by atoms with Crippen molar-refractivity contribution < 1.29 is 13.9 Å². The van der Waals surface area contributed by atoms with Gasteiger partial charge >= 0.3 is 0 Å². The van der Waals surface area contributed by atoms with Gasteiger partial charge in [0.05, 0.1) is 17.8 Å². The highest BCUT2D eigenvalue weighted by Gasteiger charge is 2.28. The van der Waals surface area contributed by atoms with Crippen molar-refractivity contribution in [3.63, 3.8) is 0 Å². The summed E-state index contributed by atoms with van der Waals surface area (Å²) in [7, 11) is 0. The second-order valence-corrected chi connectivity index (χ2v) is 6.53. The summed E-state index contributed by atoms with van der Waals surface area (Å²) in [4.78, 5) is 23.4. The smallest absolute Gasteiger partial charge is 0.277 e. The number of aromatic amines is 1. The lowest BCUT2D eigenvalue weighted by molar-refractivity contribution is 0.0714. The molecule has 1 aliphatic heterocycles. The predicted molar refractivity (Wildman–Crippen MR) is 99.6 cm³/mol. The minimum absolute atomic E-state index is 0.172. The summed E-state index contributed by atoms with van der Waals surface area (Å²) in [5, 5.41) is 7.00. The number of nitrogens with one attached hydrogen (secondary N) is 1. The van der Waals surface area contributed by atoms with Crippen molar-refractivity contribution in [1.29, 1.82) is 0 Å². The molecular weight excluding hydrogens is 358 g/mol. The quantitative estimate of drug-likeness (QED) is 0.589. The van der Waals surface area contributed by atoms with Crippen LogP contribution in [0.1, 0.15) is 27.8 Å². The summed E-state index contributed by atoms with van der Waals surface area (Å²) >= 11 is 0. The van der Waals surface area contributed by atoms with E-state index in [-0.39, 0.29) is 12.5 Å². The second kappa shape index (κ2) is 6.80. The van der Waals surface area contributed by atoms with E-state index in [1.807, 2.05) is 36.4 Å². The van der Waals surface area contributed by atoms with Gasteiger partial charge in [-0.2, -0.15) is 5.10 Å². The third-order valence-corrected chi connectivity index (χ3v) is 4.69. The van der Waals surface area contributed by atoms with E-state index < -0.39 is 0 Å². The van der Waals surface area contributed by atoms with Crippen LogP contribution in [0.4, 0.5) is 0 Å². The van der Waals surface area contributed by atoms with Crippen LogP contribution in [0.3, 0.4) is 0 Å². The lowest BCUT2D eigenvalue weighted by atomic mass is 10.1. The number of para-hydroxylation sites is 1. The molecule has 1 aliphatic rings. The van der Waals surface area contributed by atoms with E-state index in [0.717, 1.165) is 17.0 Å². The minimum atomic E-state index is -0.172. The summed E-state index contributed by atoms with van der Waals surface area (Å²) in [5.74, 6) is 1.79. The van der Waals surface area contributed by atoms with Crippen LogP contribution in [0.5, 0.6) is 5.75 Å². The molecule has 0 fully saturated rings. The number of oxazole rings is 1. The monoisotopic (exact) mass is 375 g/mol. The average molecular weight is 375 g/mol. The largest absolute Gasteiger partial charge is 0.484 e. The van der Waals surface area contributed by atoms with E-state index in [4.69, 9.17) is 9.15 Å². The van der Waals surface area contributed by atoms with Gasteiger partial charge < -0.3 is 14.1 Å². The number of H-pyrrole nitrogens is 1. The molecule has 0 spiro atoms. The van der Waals surface area contributed by atoms with Gasteiger partial charge in [0, 0.05) is 19.2 Å². The summed E-state index contributed by atoms with van der Waals surface area (Å²) in [5.41, 5.74) is 2.52. The zero-order chi connectivity index (χ0) is 18.9. The average Bonchev–Trinajstić information content (AvgIpc) is 3.35. The number of hydrogen-bond acceptors (Lipinski definition) is 6. The van der Waals surface area contributed by atoms with E-state index in [9.17, 15) is 4.79 Å². The van der Waals surface area contributed by atoms with E-state index in [1.165, 1.54) is 0 Å². The van der Waals surface area contributed by atoms with Gasteiger partial charge in [-0.05, 0) is 24.3 Å². The standard InChI is InChI=1S/C20H17N5O3/c26-20(19-18-15(23-24-19)7-4-9-21-18)25-10-8-14-16(11-25)28-17(22-14)12-27-13-5-2-1-3-6-13/h1-7,9H,8,10-12H2,(H,23,24). The minimum Gasteiger partial charge on any atom is -0.484 e. The highest BCUT2D eigenvalue weighted by molar-refractivity contribution is 6.03. The van der Waals surface area contributed by atoms with E-state index >= 15 is 0 Å². The van der Waals surface area contributed by atoms with Crippen molar-refractivity contribution in [2.45, 2.75) is 19.6 Å². The molecule has 0 aliphatic carbocycles. The fraction of sp³-hybridized carbons (Fsp3) is 0.200. The first kappa shape index (κ1) is 16.5. The van der Waals surface area contributed by atoms with E-state index in [0.29, 0.717) is 42.4 Å². The lowest BCUT2D eigenvalue weighted by Gasteiger charge is -2.24. The molecule has 0 saturated heterocycles. The van der Waals surface area contributed by atoms with Crippen molar-refractivity contribution in [2.75, 3.05) is 6.54 Å². The Balaban J connectivity index is 1.31. The zero-order valence-electron chi connectivity index (χ0n) is 15.0. The molecule has 0 saturated carbocycles. The first-order valence-electron chi connectivity index (χ1n) is 9.01. The first-order chi connectivity index (χ1) is 13.8. The summed E-state index contributed by atoms with van der Waals surface area (Å²) < 4.78 is 11.5. The Morgan fingerprint density at radius 1 is 1.21 bits per heavy atom. The molecule has 1 N–H and O–H groups in total. The molecule has 1 aromatic carbocycles. The molecule has 8 heteroatoms. The van der Waals surface area contributed by atoms with Crippen LogP contribution in [0, 0.1) is 0 Å². The number of pyridine rings is 1. The van der Waals surface area contributed by atoms with Gasteiger partial charge in [-0.3, -0.25) is 14.9 Å². The van der Waals surface area contributed by atoms with Gasteiger partial charge in [0.25, 0.3) is 5.91 Å². The molecule has 28 heavy (non-hydrogen) atoms. The summed E-state index contributed by atoms with van der Waals surface area (Å²) in [6.07, 6.45) is 2.28. The van der Waals surface area contributed by atoms with E-state index in [1.54, 1.807) is 17.2 Å². The number of carbonyl (C=O) groups excluding carboxylic acids is 1. The summed E-state index contributed by atoms with van der Waals surface area (Å²) in [6, 6.07) is 13.2. The third kappa shape index (κ3) is 2.98. The van der Waals surface area contributed by atoms with E-state index in [2.05, 4.69) is 20.2 Å². The number of hydrogen-bond donors (Lipinski definition) is 1. The molecule has 4 heterocycles. The number of rotatable bonds is 4. The van der Waals surface area contributed by atoms with Gasteiger partial charge in [-0.25, -0.2) is 4.98 Å². The predicted octanol–water partition coefficient (Wildman–Crippen LogP) is 2.72. The summed E-state index contributed by atoms with van der Waals surface area (Å²) in [6.45, 7) is 1.16. The van der Waals surface area contributed by atoms with Gasteiger partial charge in [0.15, 0.2) is 12.3 Å². The highest BCUT2D eigenvalue weighted by Crippen LogP contribution is 2.23. The highest BCUT2D eigenvalue weighted by atomic mass is 16.5. The number of aromatic nitrogens is 4. The van der Waals surface area contributed by atoms with Gasteiger partial charge in [-0.1, -0.05) is 18.2 Å². The Hall–Kier alpha value is -3.68. The Bertz CT molecular complexity index is 1140. The molecule has 0 unspecified atom stereocenters. The fourth-order valence-electron chi connectivity index (χ4n) is 3.30. The number of ether oxygens (including phenoxy) is 1. The SMILES string of the molecule is O=C(c1n[nH]c2cccnc12)N1CCc2nc(COc3ccccc3)oc2C1. The van der Waals surface area contributed by atoms with Crippen molar-refractivity contribution in [3.05, 3.63) is 71.7 Å². The van der Waals surface area contributed by atoms with Crippen LogP contribution in [0.15, 0.2) is 53.1 Å². The molecule has 8 nitrogen and oxygen atoms in total. The van der Waals surface area contributed by atoms with Crippen LogP contribution in [-0.2, 0) is 19.6 Å². The third-order valence-electron chi connectivity index (χ3n) is 4.69. The molecular formula is C20H17N5O3. The lowest BCUT2D eigenvalue weighted by Crippen LogP contribution is -2.36.